The first kappa shape index (κ1) is 13.6. The van der Waals surface area contributed by atoms with Gasteiger partial charge in [-0.25, -0.2) is 8.42 Å². The van der Waals surface area contributed by atoms with Crippen LogP contribution in [0.5, 0.6) is 0 Å². The number of sulfone groups is 1. The fourth-order valence-electron chi connectivity index (χ4n) is 1.28. The number of benzene rings is 1. The van der Waals surface area contributed by atoms with Crippen molar-refractivity contribution in [2.24, 2.45) is 5.92 Å². The fraction of sp³-hybridized carbons (Fsp3) is 0.455. The van der Waals surface area contributed by atoms with Gasteiger partial charge in [0.25, 0.3) is 5.69 Å². The van der Waals surface area contributed by atoms with Crippen LogP contribution < -0.4 is 0 Å². The third-order valence-corrected chi connectivity index (χ3v) is 4.13. The normalized spacial score (nSPS) is 11.7. The third-order valence-electron chi connectivity index (χ3n) is 2.37. The molecule has 5 nitrogen and oxygen atoms in total. The first-order valence-corrected chi connectivity index (χ1v) is 6.95. The minimum Gasteiger partial charge on any atom is -0.258 e. The Morgan fingerprint density at radius 2 is 1.76 bits per heavy atom. The smallest absolute Gasteiger partial charge is 0.258 e. The molecule has 0 atom stereocenters. The molecule has 0 saturated heterocycles. The van der Waals surface area contributed by atoms with E-state index in [1.165, 1.54) is 24.3 Å². The summed E-state index contributed by atoms with van der Waals surface area (Å²) in [7, 11) is -3.32. The van der Waals surface area contributed by atoms with E-state index in [2.05, 4.69) is 0 Å². The molecule has 17 heavy (non-hydrogen) atoms. The number of nitro benzene ring substituents is 1. The molecular weight excluding hydrogens is 242 g/mol. The van der Waals surface area contributed by atoms with Crippen LogP contribution >= 0.6 is 0 Å². The van der Waals surface area contributed by atoms with E-state index >= 15 is 0 Å². The monoisotopic (exact) mass is 257 g/mol. The molecule has 0 aliphatic rings. The van der Waals surface area contributed by atoms with E-state index in [0.29, 0.717) is 12.3 Å². The summed E-state index contributed by atoms with van der Waals surface area (Å²) in [6.07, 6.45) is 0.583. The molecule has 0 fully saturated rings. The largest absolute Gasteiger partial charge is 0.269 e. The van der Waals surface area contributed by atoms with Gasteiger partial charge in [-0.05, 0) is 24.5 Å². The fourth-order valence-corrected chi connectivity index (χ4v) is 2.85. The van der Waals surface area contributed by atoms with Gasteiger partial charge in [-0.1, -0.05) is 13.8 Å². The number of nitrogens with zero attached hydrogens (tertiary/aromatic N) is 1. The highest BCUT2D eigenvalue weighted by molar-refractivity contribution is 7.91. The van der Waals surface area contributed by atoms with E-state index in [1.54, 1.807) is 0 Å². The molecule has 0 radical (unpaired) electrons. The van der Waals surface area contributed by atoms with Gasteiger partial charge in [0.15, 0.2) is 9.84 Å². The topological polar surface area (TPSA) is 77.3 Å². The summed E-state index contributed by atoms with van der Waals surface area (Å²) in [5.74, 6) is 0.380. The van der Waals surface area contributed by atoms with Crippen LogP contribution in [0.2, 0.25) is 0 Å². The molecule has 0 heterocycles. The average molecular weight is 257 g/mol. The molecule has 1 rings (SSSR count). The lowest BCUT2D eigenvalue weighted by Gasteiger charge is -2.06. The highest BCUT2D eigenvalue weighted by Gasteiger charge is 2.16. The molecule has 0 amide bonds. The minimum absolute atomic E-state index is 0.0719. The number of non-ortho nitro benzene ring substituents is 1. The number of nitro groups is 1. The van der Waals surface area contributed by atoms with Gasteiger partial charge in [0.1, 0.15) is 0 Å². The highest BCUT2D eigenvalue weighted by Crippen LogP contribution is 2.18. The van der Waals surface area contributed by atoms with E-state index < -0.39 is 14.8 Å². The van der Waals surface area contributed by atoms with Gasteiger partial charge in [0.2, 0.25) is 0 Å². The maximum absolute atomic E-state index is 11.8. The SMILES string of the molecule is CC(C)CCS(=O)(=O)c1ccc([N+](=O)[O-])cc1. The summed E-state index contributed by atoms with van der Waals surface area (Å²) < 4.78 is 23.7. The Bertz CT molecular complexity index is 491. The van der Waals surface area contributed by atoms with Crippen molar-refractivity contribution in [3.63, 3.8) is 0 Å². The summed E-state index contributed by atoms with van der Waals surface area (Å²) in [5.41, 5.74) is -0.104. The minimum atomic E-state index is -3.32. The van der Waals surface area contributed by atoms with Crippen molar-refractivity contribution < 1.29 is 13.3 Å². The lowest BCUT2D eigenvalue weighted by Crippen LogP contribution is -2.09. The lowest BCUT2D eigenvalue weighted by atomic mass is 10.2. The maximum Gasteiger partial charge on any atom is 0.269 e. The Balaban J connectivity index is 2.89. The van der Waals surface area contributed by atoms with Crippen molar-refractivity contribution in [3.8, 4) is 0 Å². The van der Waals surface area contributed by atoms with E-state index in [0.717, 1.165) is 0 Å². The van der Waals surface area contributed by atoms with Gasteiger partial charge in [-0.15, -0.1) is 0 Å². The average Bonchev–Trinajstić information content (AvgIpc) is 2.27. The summed E-state index contributed by atoms with van der Waals surface area (Å²) in [6, 6.07) is 4.99. The number of hydrogen-bond donors (Lipinski definition) is 0. The molecule has 0 aromatic heterocycles. The van der Waals surface area contributed by atoms with Crippen LogP contribution in [0.25, 0.3) is 0 Å². The van der Waals surface area contributed by atoms with Crippen LogP contribution in [0.15, 0.2) is 29.2 Å². The van der Waals surface area contributed by atoms with Crippen LogP contribution in [0.1, 0.15) is 20.3 Å². The van der Waals surface area contributed by atoms with Crippen molar-refractivity contribution in [3.05, 3.63) is 34.4 Å². The second kappa shape index (κ2) is 5.27. The zero-order valence-corrected chi connectivity index (χ0v) is 10.6. The van der Waals surface area contributed by atoms with Crippen molar-refractivity contribution in [1.82, 2.24) is 0 Å². The number of hydrogen-bond acceptors (Lipinski definition) is 4. The van der Waals surface area contributed by atoms with Crippen molar-refractivity contribution in [1.29, 1.82) is 0 Å². The van der Waals surface area contributed by atoms with Crippen molar-refractivity contribution >= 4 is 15.5 Å². The summed E-state index contributed by atoms with van der Waals surface area (Å²) in [6.45, 7) is 3.90. The molecule has 1 aromatic rings. The Morgan fingerprint density at radius 3 is 2.18 bits per heavy atom. The molecular formula is C11H15NO4S. The molecule has 0 unspecified atom stereocenters. The number of rotatable bonds is 5. The molecule has 0 aliphatic carbocycles. The standard InChI is InChI=1S/C11H15NO4S/c1-9(2)7-8-17(15,16)11-5-3-10(4-6-11)12(13)14/h3-6,9H,7-8H2,1-2H3. The van der Waals surface area contributed by atoms with Gasteiger partial charge in [0.05, 0.1) is 15.6 Å². The maximum atomic E-state index is 11.8. The third kappa shape index (κ3) is 3.81. The molecule has 0 aliphatic heterocycles. The van der Waals surface area contributed by atoms with E-state index in [-0.39, 0.29) is 16.3 Å². The predicted molar refractivity (Wildman–Crippen MR) is 64.6 cm³/mol. The van der Waals surface area contributed by atoms with E-state index in [4.69, 9.17) is 0 Å². The zero-order valence-electron chi connectivity index (χ0n) is 9.79. The van der Waals surface area contributed by atoms with Gasteiger partial charge in [-0.3, -0.25) is 10.1 Å². The lowest BCUT2D eigenvalue weighted by molar-refractivity contribution is -0.384. The second-order valence-electron chi connectivity index (χ2n) is 4.25. The van der Waals surface area contributed by atoms with E-state index in [9.17, 15) is 18.5 Å². The Labute approximate surface area is 101 Å². The Morgan fingerprint density at radius 1 is 1.24 bits per heavy atom. The first-order valence-electron chi connectivity index (χ1n) is 5.30. The van der Waals surface area contributed by atoms with Gasteiger partial charge < -0.3 is 0 Å². The summed E-state index contributed by atoms with van der Waals surface area (Å²) in [4.78, 5) is 10.0. The molecule has 0 N–H and O–H groups in total. The summed E-state index contributed by atoms with van der Waals surface area (Å²) in [5, 5.41) is 10.4. The quantitative estimate of drug-likeness (QED) is 0.599. The van der Waals surface area contributed by atoms with Crippen LogP contribution in [0.3, 0.4) is 0 Å². The molecule has 0 saturated carbocycles. The molecule has 1 aromatic carbocycles. The van der Waals surface area contributed by atoms with Crippen LogP contribution in [-0.4, -0.2) is 19.1 Å². The molecule has 0 spiro atoms. The van der Waals surface area contributed by atoms with Gasteiger partial charge in [0, 0.05) is 12.1 Å². The zero-order chi connectivity index (χ0) is 13.1. The van der Waals surface area contributed by atoms with Crippen LogP contribution in [-0.2, 0) is 9.84 Å². The Kier molecular flexibility index (Phi) is 4.22. The first-order chi connectivity index (χ1) is 7.83. The molecule has 6 heteroatoms. The molecule has 94 valence electrons. The highest BCUT2D eigenvalue weighted by atomic mass is 32.2. The second-order valence-corrected chi connectivity index (χ2v) is 6.36. The van der Waals surface area contributed by atoms with Crippen molar-refractivity contribution in [2.75, 3.05) is 5.75 Å². The predicted octanol–water partition coefficient (Wildman–Crippen LogP) is 2.41. The van der Waals surface area contributed by atoms with Crippen LogP contribution in [0.4, 0.5) is 5.69 Å². The Hall–Kier alpha value is -1.43. The van der Waals surface area contributed by atoms with Gasteiger partial charge >= 0.3 is 0 Å². The van der Waals surface area contributed by atoms with E-state index in [1.807, 2.05) is 13.8 Å². The van der Waals surface area contributed by atoms with Crippen molar-refractivity contribution in [2.45, 2.75) is 25.2 Å². The van der Waals surface area contributed by atoms with Gasteiger partial charge in [-0.2, -0.15) is 0 Å². The van der Waals surface area contributed by atoms with Crippen LogP contribution in [0, 0.1) is 16.0 Å². The molecule has 0 bridgehead atoms. The summed E-state index contributed by atoms with van der Waals surface area (Å²) >= 11 is 0.